The summed E-state index contributed by atoms with van der Waals surface area (Å²) in [6.07, 6.45) is -3.14. The molecule has 0 aliphatic heterocycles. The molecule has 0 rings (SSSR count). The molecule has 0 aliphatic carbocycles. The van der Waals surface area contributed by atoms with E-state index < -0.39 is 12.8 Å². The first-order valence-electron chi connectivity index (χ1n) is 5.29. The van der Waals surface area contributed by atoms with Crippen LogP contribution >= 0.6 is 0 Å². The van der Waals surface area contributed by atoms with Gasteiger partial charge in [0.2, 0.25) is 5.91 Å². The number of rotatable bonds is 7. The van der Waals surface area contributed by atoms with Crippen molar-refractivity contribution in [1.82, 2.24) is 5.32 Å². The molecule has 1 atom stereocenters. The molecule has 0 saturated carbocycles. The summed E-state index contributed by atoms with van der Waals surface area (Å²) in [6, 6.07) is 0. The molecule has 1 amide bonds. The highest BCUT2D eigenvalue weighted by Crippen LogP contribution is 2.14. The number of halogens is 3. The molecular formula is C10H18F3NO2. The minimum Gasteiger partial charge on any atom is -0.372 e. The fraction of sp³-hybridized carbons (Fsp3) is 0.900. The second kappa shape index (κ2) is 7.49. The van der Waals surface area contributed by atoms with Crippen LogP contribution in [0.4, 0.5) is 13.2 Å². The average molecular weight is 241 g/mol. The van der Waals surface area contributed by atoms with Gasteiger partial charge in [-0.15, -0.1) is 0 Å². The Kier molecular flexibility index (Phi) is 7.12. The largest absolute Gasteiger partial charge is 0.411 e. The van der Waals surface area contributed by atoms with Gasteiger partial charge in [0, 0.05) is 19.1 Å². The zero-order valence-corrected chi connectivity index (χ0v) is 9.56. The van der Waals surface area contributed by atoms with Gasteiger partial charge in [-0.05, 0) is 12.8 Å². The molecule has 0 heterocycles. The molecule has 0 aromatic carbocycles. The van der Waals surface area contributed by atoms with E-state index >= 15 is 0 Å². The van der Waals surface area contributed by atoms with Gasteiger partial charge in [0.25, 0.3) is 0 Å². The number of alkyl halides is 3. The van der Waals surface area contributed by atoms with Crippen LogP contribution in [-0.4, -0.2) is 31.8 Å². The Morgan fingerprint density at radius 2 is 2.06 bits per heavy atom. The third kappa shape index (κ3) is 8.52. The summed E-state index contributed by atoms with van der Waals surface area (Å²) >= 11 is 0. The van der Waals surface area contributed by atoms with E-state index in [1.807, 2.05) is 6.92 Å². The summed E-state index contributed by atoms with van der Waals surface area (Å²) in [5.41, 5.74) is 0. The van der Waals surface area contributed by atoms with Crippen LogP contribution in [-0.2, 0) is 9.53 Å². The van der Waals surface area contributed by atoms with Crippen LogP contribution in [0.5, 0.6) is 0 Å². The van der Waals surface area contributed by atoms with Gasteiger partial charge in [-0.25, -0.2) is 0 Å². The topological polar surface area (TPSA) is 38.3 Å². The van der Waals surface area contributed by atoms with E-state index in [0.29, 0.717) is 13.0 Å². The second-order valence-corrected chi connectivity index (χ2v) is 3.62. The summed E-state index contributed by atoms with van der Waals surface area (Å²) in [5, 5.41) is 2.63. The van der Waals surface area contributed by atoms with Gasteiger partial charge in [-0.2, -0.15) is 13.2 Å². The van der Waals surface area contributed by atoms with Gasteiger partial charge in [0.05, 0.1) is 0 Å². The smallest absolute Gasteiger partial charge is 0.372 e. The molecule has 0 aromatic heterocycles. The Hall–Kier alpha value is -0.780. The Balaban J connectivity index is 3.37. The number of amides is 1. The second-order valence-electron chi connectivity index (χ2n) is 3.62. The monoisotopic (exact) mass is 241 g/mol. The van der Waals surface area contributed by atoms with E-state index in [1.165, 1.54) is 0 Å². The molecule has 0 spiro atoms. The third-order valence-corrected chi connectivity index (χ3v) is 2.09. The van der Waals surface area contributed by atoms with E-state index in [4.69, 9.17) is 0 Å². The van der Waals surface area contributed by atoms with Crippen LogP contribution in [0, 0.1) is 5.92 Å². The predicted octanol–water partition coefficient (Wildman–Crippen LogP) is 2.12. The summed E-state index contributed by atoms with van der Waals surface area (Å²) in [7, 11) is 0. The zero-order chi connectivity index (χ0) is 12.6. The minimum atomic E-state index is -4.28. The van der Waals surface area contributed by atoms with Crippen molar-refractivity contribution >= 4 is 5.91 Å². The first kappa shape index (κ1) is 15.2. The standard InChI is InChI=1S/C10H18F3NO2/c1-3-8(2)9(15)14-5-4-6-16-7-10(11,12)13/h8H,3-7H2,1-2H3,(H,14,15). The number of carbonyl (C=O) groups excluding carboxylic acids is 1. The first-order chi connectivity index (χ1) is 7.37. The first-order valence-corrected chi connectivity index (χ1v) is 5.29. The number of hydrogen-bond donors (Lipinski definition) is 1. The molecular weight excluding hydrogens is 223 g/mol. The van der Waals surface area contributed by atoms with Crippen molar-refractivity contribution in [1.29, 1.82) is 0 Å². The molecule has 0 bridgehead atoms. The molecule has 1 N–H and O–H groups in total. The van der Waals surface area contributed by atoms with Gasteiger partial charge in [-0.3, -0.25) is 4.79 Å². The third-order valence-electron chi connectivity index (χ3n) is 2.09. The average Bonchev–Trinajstić information content (AvgIpc) is 2.20. The highest BCUT2D eigenvalue weighted by Gasteiger charge is 2.27. The van der Waals surface area contributed by atoms with E-state index in [0.717, 1.165) is 6.42 Å². The lowest BCUT2D eigenvalue weighted by Gasteiger charge is -2.10. The van der Waals surface area contributed by atoms with Crippen molar-refractivity contribution in [2.45, 2.75) is 32.9 Å². The Morgan fingerprint density at radius 3 is 2.56 bits per heavy atom. The van der Waals surface area contributed by atoms with Crippen LogP contribution in [0.1, 0.15) is 26.7 Å². The lowest BCUT2D eigenvalue weighted by molar-refractivity contribution is -0.174. The molecule has 6 heteroatoms. The molecule has 1 unspecified atom stereocenters. The van der Waals surface area contributed by atoms with Gasteiger partial charge < -0.3 is 10.1 Å². The summed E-state index contributed by atoms with van der Waals surface area (Å²) < 4.78 is 39.3. The van der Waals surface area contributed by atoms with E-state index in [9.17, 15) is 18.0 Å². The van der Waals surface area contributed by atoms with Crippen molar-refractivity contribution in [2.24, 2.45) is 5.92 Å². The molecule has 3 nitrogen and oxygen atoms in total. The van der Waals surface area contributed by atoms with E-state index in [-0.39, 0.29) is 18.4 Å². The van der Waals surface area contributed by atoms with Crippen molar-refractivity contribution < 1.29 is 22.7 Å². The van der Waals surface area contributed by atoms with Crippen LogP contribution in [0.15, 0.2) is 0 Å². The van der Waals surface area contributed by atoms with Crippen molar-refractivity contribution in [3.8, 4) is 0 Å². The molecule has 0 aliphatic rings. The molecule has 16 heavy (non-hydrogen) atoms. The highest BCUT2D eigenvalue weighted by molar-refractivity contribution is 5.78. The SMILES string of the molecule is CCC(C)C(=O)NCCCOCC(F)(F)F. The van der Waals surface area contributed by atoms with E-state index in [1.54, 1.807) is 6.92 Å². The Bertz CT molecular complexity index is 207. The number of hydrogen-bond acceptors (Lipinski definition) is 2. The van der Waals surface area contributed by atoms with Crippen molar-refractivity contribution in [3.63, 3.8) is 0 Å². The van der Waals surface area contributed by atoms with Gasteiger partial charge in [0.1, 0.15) is 6.61 Å². The lowest BCUT2D eigenvalue weighted by Crippen LogP contribution is -2.30. The predicted molar refractivity (Wildman–Crippen MR) is 54.0 cm³/mol. The summed E-state index contributed by atoms with van der Waals surface area (Å²) in [5.74, 6) is -0.130. The molecule has 96 valence electrons. The minimum absolute atomic E-state index is 0.000294. The fourth-order valence-corrected chi connectivity index (χ4v) is 0.933. The normalized spacial score (nSPS) is 13.6. The van der Waals surface area contributed by atoms with Crippen molar-refractivity contribution in [3.05, 3.63) is 0 Å². The molecule has 0 radical (unpaired) electrons. The fourth-order valence-electron chi connectivity index (χ4n) is 0.933. The van der Waals surface area contributed by atoms with Crippen molar-refractivity contribution in [2.75, 3.05) is 19.8 Å². The van der Waals surface area contributed by atoms with Gasteiger partial charge in [0.15, 0.2) is 0 Å². The van der Waals surface area contributed by atoms with E-state index in [2.05, 4.69) is 10.1 Å². The summed E-state index contributed by atoms with van der Waals surface area (Å²) in [4.78, 5) is 11.2. The number of nitrogens with one attached hydrogen (secondary N) is 1. The van der Waals surface area contributed by atoms with Crippen LogP contribution < -0.4 is 5.32 Å². The maximum atomic E-state index is 11.6. The number of ether oxygens (including phenoxy) is 1. The maximum absolute atomic E-state index is 11.6. The Morgan fingerprint density at radius 1 is 1.44 bits per heavy atom. The number of carbonyl (C=O) groups is 1. The molecule has 0 aromatic rings. The lowest BCUT2D eigenvalue weighted by atomic mass is 10.1. The summed E-state index contributed by atoms with van der Waals surface area (Å²) in [6.45, 7) is 2.82. The van der Waals surface area contributed by atoms with Gasteiger partial charge >= 0.3 is 6.18 Å². The Labute approximate surface area is 93.3 Å². The van der Waals surface area contributed by atoms with Crippen LogP contribution in [0.3, 0.4) is 0 Å². The van der Waals surface area contributed by atoms with Crippen LogP contribution in [0.2, 0.25) is 0 Å². The molecule has 0 saturated heterocycles. The van der Waals surface area contributed by atoms with Crippen LogP contribution in [0.25, 0.3) is 0 Å². The quantitative estimate of drug-likeness (QED) is 0.693. The molecule has 0 fully saturated rings. The maximum Gasteiger partial charge on any atom is 0.411 e. The zero-order valence-electron chi connectivity index (χ0n) is 9.56. The highest BCUT2D eigenvalue weighted by atomic mass is 19.4. The van der Waals surface area contributed by atoms with Gasteiger partial charge in [-0.1, -0.05) is 13.8 Å².